The first-order valence-electron chi connectivity index (χ1n) is 6.77. The summed E-state index contributed by atoms with van der Waals surface area (Å²) in [4.78, 5) is 18.7. The summed E-state index contributed by atoms with van der Waals surface area (Å²) in [6.45, 7) is 1.73. The molecule has 0 fully saturated rings. The maximum Gasteiger partial charge on any atom is 0.416 e. The lowest BCUT2D eigenvalue weighted by Crippen LogP contribution is -2.17. The number of nitrogens with two attached hydrogens (primary N) is 1. The van der Waals surface area contributed by atoms with Crippen molar-refractivity contribution in [3.05, 3.63) is 57.6 Å². The predicted octanol–water partition coefficient (Wildman–Crippen LogP) is 2.68. The molecule has 0 spiro atoms. The molecular formula is C15H13F3N4O. The minimum atomic E-state index is -4.42. The van der Waals surface area contributed by atoms with E-state index in [2.05, 4.69) is 9.97 Å². The number of fused-ring (bicyclic) bond motifs is 1. The number of aryl methyl sites for hydroxylation is 1. The lowest BCUT2D eigenvalue weighted by molar-refractivity contribution is -0.137. The van der Waals surface area contributed by atoms with E-state index in [9.17, 15) is 18.0 Å². The molecule has 0 aliphatic rings. The smallest absolute Gasteiger partial charge is 0.382 e. The highest BCUT2D eigenvalue weighted by molar-refractivity contribution is 5.85. The molecule has 0 atom stereocenters. The number of H-pyrrole nitrogens is 1. The van der Waals surface area contributed by atoms with Crippen molar-refractivity contribution < 1.29 is 13.2 Å². The van der Waals surface area contributed by atoms with Gasteiger partial charge in [0.15, 0.2) is 0 Å². The number of hydrogen-bond donors (Lipinski definition) is 2. The van der Waals surface area contributed by atoms with E-state index in [0.29, 0.717) is 22.3 Å². The zero-order chi connectivity index (χ0) is 16.8. The Balaban J connectivity index is 2.09. The molecule has 23 heavy (non-hydrogen) atoms. The van der Waals surface area contributed by atoms with Gasteiger partial charge < -0.3 is 10.7 Å². The van der Waals surface area contributed by atoms with Crippen molar-refractivity contribution >= 4 is 16.9 Å². The van der Waals surface area contributed by atoms with E-state index in [-0.39, 0.29) is 12.4 Å². The van der Waals surface area contributed by atoms with Crippen LogP contribution in [0.25, 0.3) is 11.0 Å². The Hall–Kier alpha value is -2.77. The zero-order valence-corrected chi connectivity index (χ0v) is 12.1. The number of benzene rings is 1. The largest absolute Gasteiger partial charge is 0.416 e. The molecule has 1 aromatic carbocycles. The van der Waals surface area contributed by atoms with E-state index < -0.39 is 17.4 Å². The number of hydrogen-bond acceptors (Lipinski definition) is 3. The van der Waals surface area contributed by atoms with Gasteiger partial charge >= 0.3 is 11.9 Å². The van der Waals surface area contributed by atoms with Crippen LogP contribution in [0.1, 0.15) is 16.8 Å². The van der Waals surface area contributed by atoms with Gasteiger partial charge in [0.25, 0.3) is 0 Å². The normalized spacial score (nSPS) is 12.0. The average molecular weight is 322 g/mol. The molecule has 0 saturated carbocycles. The second-order valence-electron chi connectivity index (χ2n) is 5.26. The molecule has 0 saturated heterocycles. The molecule has 0 radical (unpaired) electrons. The van der Waals surface area contributed by atoms with E-state index in [1.807, 2.05) is 0 Å². The summed E-state index contributed by atoms with van der Waals surface area (Å²) in [7, 11) is 0. The van der Waals surface area contributed by atoms with Crippen LogP contribution < -0.4 is 11.4 Å². The van der Waals surface area contributed by atoms with Gasteiger partial charge in [0.1, 0.15) is 11.3 Å². The van der Waals surface area contributed by atoms with Gasteiger partial charge in [-0.3, -0.25) is 4.57 Å². The van der Waals surface area contributed by atoms with E-state index in [4.69, 9.17) is 5.73 Å². The van der Waals surface area contributed by atoms with Crippen molar-refractivity contribution in [3.8, 4) is 0 Å². The van der Waals surface area contributed by atoms with Gasteiger partial charge in [-0.15, -0.1) is 0 Å². The topological polar surface area (TPSA) is 76.7 Å². The number of nitrogens with one attached hydrogen (secondary N) is 1. The number of anilines is 1. The number of halogens is 3. The van der Waals surface area contributed by atoms with E-state index in [0.717, 1.165) is 12.1 Å². The molecule has 0 aliphatic carbocycles. The number of aromatic nitrogens is 3. The van der Waals surface area contributed by atoms with Crippen LogP contribution in [0.3, 0.4) is 0 Å². The summed E-state index contributed by atoms with van der Waals surface area (Å²) in [5, 5.41) is 0. The summed E-state index contributed by atoms with van der Waals surface area (Å²) in [5.41, 5.74) is 6.46. The Morgan fingerprint density at radius 1 is 1.30 bits per heavy atom. The first-order valence-corrected chi connectivity index (χ1v) is 6.77. The van der Waals surface area contributed by atoms with Gasteiger partial charge in [-0.05, 0) is 30.7 Å². The Morgan fingerprint density at radius 2 is 2.04 bits per heavy atom. The van der Waals surface area contributed by atoms with Crippen LogP contribution in [-0.2, 0) is 12.7 Å². The van der Waals surface area contributed by atoms with Gasteiger partial charge in [-0.1, -0.05) is 12.1 Å². The maximum absolute atomic E-state index is 12.8. The second kappa shape index (κ2) is 5.15. The summed E-state index contributed by atoms with van der Waals surface area (Å²) in [6, 6.07) is 6.55. The monoisotopic (exact) mass is 322 g/mol. The highest BCUT2D eigenvalue weighted by Gasteiger charge is 2.30. The quantitative estimate of drug-likeness (QED) is 0.761. The van der Waals surface area contributed by atoms with Crippen LogP contribution in [0.15, 0.2) is 35.1 Å². The number of aromatic amines is 1. The van der Waals surface area contributed by atoms with E-state index >= 15 is 0 Å². The molecule has 5 nitrogen and oxygen atoms in total. The summed E-state index contributed by atoms with van der Waals surface area (Å²) in [6.07, 6.45) is -4.42. The number of nitrogens with zero attached hydrogens (tertiary/aromatic N) is 2. The van der Waals surface area contributed by atoms with Crippen LogP contribution in [0.4, 0.5) is 19.0 Å². The maximum atomic E-state index is 12.8. The Morgan fingerprint density at radius 3 is 2.74 bits per heavy atom. The van der Waals surface area contributed by atoms with Gasteiger partial charge in [0, 0.05) is 5.69 Å². The second-order valence-corrected chi connectivity index (χ2v) is 5.26. The molecule has 0 aliphatic heterocycles. The number of nitrogen functional groups attached to an aromatic ring is 1. The third kappa shape index (κ3) is 2.79. The zero-order valence-electron chi connectivity index (χ0n) is 12.1. The van der Waals surface area contributed by atoms with Gasteiger partial charge in [0.2, 0.25) is 0 Å². The van der Waals surface area contributed by atoms with Crippen molar-refractivity contribution in [1.29, 1.82) is 0 Å². The summed E-state index contributed by atoms with van der Waals surface area (Å²) in [5.74, 6) is 0.180. The molecule has 0 bridgehead atoms. The summed E-state index contributed by atoms with van der Waals surface area (Å²) < 4.78 is 39.7. The number of rotatable bonds is 2. The fraction of sp³-hybridized carbons (Fsp3) is 0.200. The van der Waals surface area contributed by atoms with Crippen LogP contribution in [0.2, 0.25) is 0 Å². The van der Waals surface area contributed by atoms with E-state index in [1.54, 1.807) is 13.0 Å². The van der Waals surface area contributed by atoms with Gasteiger partial charge in [-0.25, -0.2) is 9.78 Å². The number of alkyl halides is 3. The van der Waals surface area contributed by atoms with Crippen molar-refractivity contribution in [3.63, 3.8) is 0 Å². The predicted molar refractivity (Wildman–Crippen MR) is 80.0 cm³/mol. The minimum Gasteiger partial charge on any atom is -0.382 e. The van der Waals surface area contributed by atoms with Gasteiger partial charge in [-0.2, -0.15) is 13.2 Å². The van der Waals surface area contributed by atoms with Gasteiger partial charge in [0.05, 0.1) is 17.6 Å². The molecule has 8 heteroatoms. The Bertz CT molecular complexity index is 940. The third-order valence-corrected chi connectivity index (χ3v) is 3.52. The number of imidazole rings is 1. The molecule has 2 aromatic heterocycles. The SMILES string of the molecule is Cc1cc2c([nH]c(=O)n2Cc2cccc(C(F)(F)F)c2)c(N)n1. The van der Waals surface area contributed by atoms with Crippen LogP contribution in [0, 0.1) is 6.92 Å². The first-order chi connectivity index (χ1) is 10.8. The molecule has 3 aromatic rings. The molecule has 3 N–H and O–H groups in total. The Labute approximate surface area is 128 Å². The lowest BCUT2D eigenvalue weighted by atomic mass is 10.1. The van der Waals surface area contributed by atoms with Crippen molar-refractivity contribution in [2.75, 3.05) is 5.73 Å². The highest BCUT2D eigenvalue weighted by Crippen LogP contribution is 2.29. The molecule has 120 valence electrons. The molecule has 2 heterocycles. The molecule has 0 amide bonds. The molecule has 3 rings (SSSR count). The van der Waals surface area contributed by atoms with Crippen LogP contribution in [-0.4, -0.2) is 14.5 Å². The first kappa shape index (κ1) is 15.1. The molecule has 0 unspecified atom stereocenters. The fourth-order valence-corrected chi connectivity index (χ4v) is 2.49. The summed E-state index contributed by atoms with van der Waals surface area (Å²) >= 11 is 0. The van der Waals surface area contributed by atoms with E-state index in [1.165, 1.54) is 16.7 Å². The Kier molecular flexibility index (Phi) is 3.39. The van der Waals surface area contributed by atoms with Crippen LogP contribution in [0.5, 0.6) is 0 Å². The van der Waals surface area contributed by atoms with Crippen molar-refractivity contribution in [2.24, 2.45) is 0 Å². The average Bonchev–Trinajstić information content (AvgIpc) is 2.76. The standard InChI is InChI=1S/C15H13F3N4O/c1-8-5-11-12(13(19)20-8)21-14(23)22(11)7-9-3-2-4-10(6-9)15(16,17)18/h2-6H,7H2,1H3,(H2,19,20)(H,21,23). The van der Waals surface area contributed by atoms with Crippen molar-refractivity contribution in [2.45, 2.75) is 19.6 Å². The molecular weight excluding hydrogens is 309 g/mol. The van der Waals surface area contributed by atoms with Crippen LogP contribution >= 0.6 is 0 Å². The minimum absolute atomic E-state index is 0.00560. The fourth-order valence-electron chi connectivity index (χ4n) is 2.49. The third-order valence-electron chi connectivity index (χ3n) is 3.52. The van der Waals surface area contributed by atoms with Crippen molar-refractivity contribution in [1.82, 2.24) is 14.5 Å². The number of pyridine rings is 1. The highest BCUT2D eigenvalue weighted by atomic mass is 19.4. The lowest BCUT2D eigenvalue weighted by Gasteiger charge is -2.09.